The lowest BCUT2D eigenvalue weighted by molar-refractivity contribution is -0.421. The first-order valence-corrected chi connectivity index (χ1v) is 9.47. The lowest BCUT2D eigenvalue weighted by Crippen LogP contribution is -2.24. The lowest BCUT2D eigenvalue weighted by Gasteiger charge is -2.23. The summed E-state index contributed by atoms with van der Waals surface area (Å²) >= 11 is 16.3. The Labute approximate surface area is 158 Å². The van der Waals surface area contributed by atoms with Gasteiger partial charge in [0.15, 0.2) is 5.03 Å². The Morgan fingerprint density at radius 2 is 1.83 bits per heavy atom. The highest BCUT2D eigenvalue weighted by molar-refractivity contribution is 9.12. The van der Waals surface area contributed by atoms with E-state index in [1.165, 1.54) is 11.8 Å². The minimum atomic E-state index is -0.488. The number of thioether (sulfide) groups is 1. The van der Waals surface area contributed by atoms with E-state index in [0.29, 0.717) is 23.9 Å². The molecule has 0 spiro atoms. The second-order valence-electron chi connectivity index (χ2n) is 4.43. The molecule has 8 heteroatoms. The number of rotatable bonds is 8. The molecule has 126 valence electrons. The van der Waals surface area contributed by atoms with Crippen LogP contribution in [0.3, 0.4) is 0 Å². The van der Waals surface area contributed by atoms with E-state index in [1.54, 1.807) is 0 Å². The highest BCUT2D eigenvalue weighted by Gasteiger charge is 2.28. The summed E-state index contributed by atoms with van der Waals surface area (Å²) in [5, 5.41) is 12.0. The van der Waals surface area contributed by atoms with Crippen molar-refractivity contribution in [3.8, 4) is 0 Å². The molecule has 0 radical (unpaired) electrons. The van der Waals surface area contributed by atoms with Gasteiger partial charge in [-0.3, -0.25) is 10.1 Å². The molecule has 1 rings (SSSR count). The second-order valence-corrected chi connectivity index (χ2v) is 7.40. The third-order valence-corrected chi connectivity index (χ3v) is 5.51. The summed E-state index contributed by atoms with van der Waals surface area (Å²) in [7, 11) is 0. The second kappa shape index (κ2) is 10.2. The van der Waals surface area contributed by atoms with Crippen molar-refractivity contribution in [2.45, 2.75) is 19.6 Å². The average Bonchev–Trinajstić information content (AvgIpc) is 2.53. The Hall–Kier alpha value is -0.690. The number of hydrogen-bond donors (Lipinski definition) is 0. The molecule has 0 aliphatic heterocycles. The Morgan fingerprint density at radius 3 is 2.26 bits per heavy atom. The van der Waals surface area contributed by atoms with E-state index in [0.717, 1.165) is 5.56 Å². The molecule has 0 saturated heterocycles. The van der Waals surface area contributed by atoms with Gasteiger partial charge >= 0.3 is 5.70 Å². The minimum Gasteiger partial charge on any atom is -0.361 e. The molecule has 0 aromatic heterocycles. The summed E-state index contributed by atoms with van der Waals surface area (Å²) in [6.07, 6.45) is 0. The zero-order chi connectivity index (χ0) is 17.4. The summed E-state index contributed by atoms with van der Waals surface area (Å²) in [6, 6.07) is 9.77. The average molecular weight is 440 g/mol. The van der Waals surface area contributed by atoms with Gasteiger partial charge in [-0.05, 0) is 35.3 Å². The normalized spacial score (nSPS) is 13.3. The maximum absolute atomic E-state index is 11.5. The van der Waals surface area contributed by atoms with E-state index in [-0.39, 0.29) is 14.7 Å². The van der Waals surface area contributed by atoms with Gasteiger partial charge in [-0.1, -0.05) is 65.3 Å². The van der Waals surface area contributed by atoms with Crippen LogP contribution in [0.25, 0.3) is 0 Å². The topological polar surface area (TPSA) is 46.4 Å². The molecule has 0 N–H and O–H groups in total. The molecule has 0 amide bonds. The number of hydrogen-bond acceptors (Lipinski definition) is 4. The van der Waals surface area contributed by atoms with Gasteiger partial charge in [0.2, 0.25) is 0 Å². The minimum absolute atomic E-state index is 0.0239. The van der Waals surface area contributed by atoms with Gasteiger partial charge in [0.25, 0.3) is 0 Å². The van der Waals surface area contributed by atoms with Crippen LogP contribution in [0.15, 0.2) is 50.0 Å². The molecule has 0 unspecified atom stereocenters. The van der Waals surface area contributed by atoms with Crippen molar-refractivity contribution in [3.63, 3.8) is 0 Å². The number of halogens is 3. The Kier molecular flexibility index (Phi) is 9.06. The van der Waals surface area contributed by atoms with Crippen LogP contribution < -0.4 is 0 Å². The SMILES string of the molecule is CCN(CC)/C(SCc1ccccc1)=C(/C(Cl)=C(/Cl)Br)[N+](=O)[O-]. The van der Waals surface area contributed by atoms with Gasteiger partial charge in [0.1, 0.15) is 8.97 Å². The molecule has 0 bridgehead atoms. The molecule has 1 aromatic rings. The molecular weight excluding hydrogens is 423 g/mol. The zero-order valence-corrected chi connectivity index (χ0v) is 16.7. The van der Waals surface area contributed by atoms with Gasteiger partial charge in [-0.15, -0.1) is 0 Å². The van der Waals surface area contributed by atoms with Gasteiger partial charge in [0, 0.05) is 18.8 Å². The summed E-state index contributed by atoms with van der Waals surface area (Å²) in [5.41, 5.74) is 0.896. The Morgan fingerprint density at radius 1 is 1.26 bits per heavy atom. The van der Waals surface area contributed by atoms with E-state index in [1.807, 2.05) is 49.1 Å². The first kappa shape index (κ1) is 20.4. The molecule has 23 heavy (non-hydrogen) atoms. The first-order valence-electron chi connectivity index (χ1n) is 6.93. The molecule has 0 saturated carbocycles. The van der Waals surface area contributed by atoms with Gasteiger partial charge in [0.05, 0.1) is 4.92 Å². The van der Waals surface area contributed by atoms with Crippen LogP contribution in [0.1, 0.15) is 19.4 Å². The van der Waals surface area contributed by atoms with Crippen LogP contribution in [0.2, 0.25) is 0 Å². The fourth-order valence-corrected chi connectivity index (χ4v) is 3.63. The third-order valence-electron chi connectivity index (χ3n) is 3.03. The highest BCUT2D eigenvalue weighted by Crippen LogP contribution is 2.35. The van der Waals surface area contributed by atoms with Crippen LogP contribution in [0.4, 0.5) is 0 Å². The largest absolute Gasteiger partial charge is 0.361 e. The van der Waals surface area contributed by atoms with Gasteiger partial charge in [-0.2, -0.15) is 0 Å². The van der Waals surface area contributed by atoms with E-state index >= 15 is 0 Å². The number of allylic oxidation sites excluding steroid dienone is 1. The number of nitro groups is 1. The van der Waals surface area contributed by atoms with Crippen molar-refractivity contribution in [2.24, 2.45) is 0 Å². The van der Waals surface area contributed by atoms with Gasteiger partial charge in [-0.25, -0.2) is 0 Å². The van der Waals surface area contributed by atoms with Crippen molar-refractivity contribution in [3.05, 3.63) is 65.7 Å². The maximum atomic E-state index is 11.5. The van der Waals surface area contributed by atoms with Crippen LogP contribution in [0, 0.1) is 10.1 Å². The summed E-state index contributed by atoms with van der Waals surface area (Å²) in [4.78, 5) is 13.0. The smallest absolute Gasteiger partial charge is 0.319 e. The van der Waals surface area contributed by atoms with Crippen molar-refractivity contribution in [1.82, 2.24) is 4.90 Å². The zero-order valence-electron chi connectivity index (χ0n) is 12.8. The van der Waals surface area contributed by atoms with E-state index in [4.69, 9.17) is 23.2 Å². The molecule has 0 aliphatic rings. The molecule has 0 fully saturated rings. The van der Waals surface area contributed by atoms with Crippen molar-refractivity contribution in [2.75, 3.05) is 13.1 Å². The van der Waals surface area contributed by atoms with Gasteiger partial charge < -0.3 is 4.90 Å². The van der Waals surface area contributed by atoms with Crippen LogP contribution in [-0.2, 0) is 5.75 Å². The Balaban J connectivity index is 3.28. The lowest BCUT2D eigenvalue weighted by atomic mass is 10.2. The molecule has 0 atom stereocenters. The van der Waals surface area contributed by atoms with E-state index < -0.39 is 4.92 Å². The fraction of sp³-hybridized carbons (Fsp3) is 0.333. The molecule has 0 aliphatic carbocycles. The number of nitrogens with zero attached hydrogens (tertiary/aromatic N) is 2. The molecular formula is C15H17BrCl2N2O2S. The van der Waals surface area contributed by atoms with Crippen molar-refractivity contribution < 1.29 is 4.92 Å². The van der Waals surface area contributed by atoms with Crippen molar-refractivity contribution in [1.29, 1.82) is 0 Å². The summed E-state index contributed by atoms with van der Waals surface area (Å²) in [6.45, 7) is 5.15. The standard InChI is InChI=1S/C15H17BrCl2N2O2S/c1-3-19(4-2)15(13(20(21)22)12(17)14(16)18)23-10-11-8-6-5-7-9-11/h5-9H,3-4,10H2,1-2H3/b14-12-,15-13+. The predicted molar refractivity (Wildman–Crippen MR) is 102 cm³/mol. The highest BCUT2D eigenvalue weighted by atomic mass is 79.9. The van der Waals surface area contributed by atoms with Crippen LogP contribution in [0.5, 0.6) is 0 Å². The predicted octanol–water partition coefficient (Wildman–Crippen LogP) is 5.75. The van der Waals surface area contributed by atoms with E-state index in [9.17, 15) is 10.1 Å². The van der Waals surface area contributed by atoms with Crippen LogP contribution in [-0.4, -0.2) is 22.9 Å². The molecule has 1 aromatic carbocycles. The maximum Gasteiger partial charge on any atom is 0.319 e. The molecule has 0 heterocycles. The fourth-order valence-electron chi connectivity index (χ4n) is 1.89. The van der Waals surface area contributed by atoms with Crippen molar-refractivity contribution >= 4 is 50.9 Å². The summed E-state index contributed by atoms with van der Waals surface area (Å²) < 4.78 is 0.0239. The number of benzene rings is 1. The monoisotopic (exact) mass is 438 g/mol. The molecule has 4 nitrogen and oxygen atoms in total. The quantitative estimate of drug-likeness (QED) is 0.294. The van der Waals surface area contributed by atoms with Crippen LogP contribution >= 0.6 is 50.9 Å². The summed E-state index contributed by atoms with van der Waals surface area (Å²) in [5.74, 6) is 0.605. The first-order chi connectivity index (χ1) is 10.9. The van der Waals surface area contributed by atoms with E-state index in [2.05, 4.69) is 15.9 Å². The Bertz CT molecular complexity index is 601. The third kappa shape index (κ3) is 6.03.